The van der Waals surface area contributed by atoms with Gasteiger partial charge in [0.05, 0.1) is 5.69 Å². The summed E-state index contributed by atoms with van der Waals surface area (Å²) in [7, 11) is 0. The molecule has 0 aliphatic carbocycles. The summed E-state index contributed by atoms with van der Waals surface area (Å²) in [5, 5.41) is 8.45. The largest absolute Gasteiger partial charge is 0.453 e. The third-order valence-corrected chi connectivity index (χ3v) is 3.63. The highest BCUT2D eigenvalue weighted by atomic mass is 79.9. The van der Waals surface area contributed by atoms with Gasteiger partial charge in [0.15, 0.2) is 5.76 Å². The van der Waals surface area contributed by atoms with Gasteiger partial charge in [-0.15, -0.1) is 0 Å². The molecule has 0 aliphatic rings. The second kappa shape index (κ2) is 6.03. The van der Waals surface area contributed by atoms with Gasteiger partial charge in [-0.05, 0) is 36.7 Å². The molecule has 0 spiro atoms. The minimum absolute atomic E-state index is 0.616. The van der Waals surface area contributed by atoms with Gasteiger partial charge in [-0.25, -0.2) is 0 Å². The van der Waals surface area contributed by atoms with E-state index in [2.05, 4.69) is 40.3 Å². The van der Waals surface area contributed by atoms with Crippen LogP contribution in [-0.2, 0) is 6.54 Å². The molecule has 0 atom stereocenters. The summed E-state index contributed by atoms with van der Waals surface area (Å²) in [6.45, 7) is 6.01. The smallest absolute Gasteiger partial charge is 0.202 e. The van der Waals surface area contributed by atoms with Gasteiger partial charge in [-0.1, -0.05) is 34.9 Å². The van der Waals surface area contributed by atoms with Crippen molar-refractivity contribution < 1.29 is 8.94 Å². The van der Waals surface area contributed by atoms with E-state index < -0.39 is 0 Å². The Bertz CT molecular complexity index is 746. The minimum atomic E-state index is 0.616. The van der Waals surface area contributed by atoms with Gasteiger partial charge in [-0.3, -0.25) is 0 Å². The number of rotatable bonds is 5. The van der Waals surface area contributed by atoms with Crippen molar-refractivity contribution >= 4 is 26.9 Å². The van der Waals surface area contributed by atoms with E-state index in [1.165, 1.54) is 0 Å². The predicted molar refractivity (Wildman–Crippen MR) is 86.0 cm³/mol. The summed E-state index contributed by atoms with van der Waals surface area (Å²) in [5.74, 6) is 1.97. The van der Waals surface area contributed by atoms with Crippen molar-refractivity contribution in [2.24, 2.45) is 5.92 Å². The maximum Gasteiger partial charge on any atom is 0.202 e. The summed E-state index contributed by atoms with van der Waals surface area (Å²) in [5.41, 5.74) is 1.72. The summed E-state index contributed by atoms with van der Waals surface area (Å²) in [6, 6.07) is 9.79. The Balaban J connectivity index is 1.78. The number of hydrogen-bond donors (Lipinski definition) is 1. The lowest BCUT2D eigenvalue weighted by Gasteiger charge is -2.03. The number of nitrogens with one attached hydrogen (secondary N) is 1. The topological polar surface area (TPSA) is 51.2 Å². The molecule has 0 radical (unpaired) electrons. The lowest BCUT2D eigenvalue weighted by Crippen LogP contribution is -2.18. The van der Waals surface area contributed by atoms with E-state index in [9.17, 15) is 0 Å². The van der Waals surface area contributed by atoms with Gasteiger partial charge in [0, 0.05) is 22.5 Å². The fraction of sp³-hybridized carbons (Fsp3) is 0.312. The van der Waals surface area contributed by atoms with E-state index in [0.717, 1.165) is 27.7 Å². The Morgan fingerprint density at radius 1 is 1.19 bits per heavy atom. The van der Waals surface area contributed by atoms with Crippen LogP contribution >= 0.6 is 15.9 Å². The van der Waals surface area contributed by atoms with Crippen molar-refractivity contribution in [3.63, 3.8) is 0 Å². The summed E-state index contributed by atoms with van der Waals surface area (Å²) in [4.78, 5) is 0. The number of furan rings is 1. The van der Waals surface area contributed by atoms with Crippen LogP contribution in [0.15, 0.2) is 43.7 Å². The maximum absolute atomic E-state index is 5.79. The standard InChI is InChI=1S/C16H17BrN2O2/c1-10(2)8-18-9-13-7-16(21-19-13)15-6-11-5-12(17)3-4-14(11)20-15/h3-7,10,18H,8-9H2,1-2H3. The zero-order chi connectivity index (χ0) is 14.8. The highest BCUT2D eigenvalue weighted by Crippen LogP contribution is 2.29. The number of hydrogen-bond acceptors (Lipinski definition) is 4. The fourth-order valence-corrected chi connectivity index (χ4v) is 2.51. The second-order valence-corrected chi connectivity index (χ2v) is 6.42. The van der Waals surface area contributed by atoms with Crippen LogP contribution < -0.4 is 5.32 Å². The molecule has 0 saturated heterocycles. The second-order valence-electron chi connectivity index (χ2n) is 5.50. The Hall–Kier alpha value is -1.59. The normalized spacial score (nSPS) is 11.6. The van der Waals surface area contributed by atoms with Crippen molar-refractivity contribution in [3.8, 4) is 11.5 Å². The van der Waals surface area contributed by atoms with Gasteiger partial charge >= 0.3 is 0 Å². The molecular weight excluding hydrogens is 332 g/mol. The van der Waals surface area contributed by atoms with Crippen LogP contribution in [0, 0.1) is 5.92 Å². The van der Waals surface area contributed by atoms with Crippen molar-refractivity contribution in [1.82, 2.24) is 10.5 Å². The molecule has 0 unspecified atom stereocenters. The van der Waals surface area contributed by atoms with E-state index in [4.69, 9.17) is 8.94 Å². The van der Waals surface area contributed by atoms with Crippen molar-refractivity contribution in [3.05, 3.63) is 40.5 Å². The average molecular weight is 349 g/mol. The van der Waals surface area contributed by atoms with Gasteiger partial charge in [0.25, 0.3) is 0 Å². The van der Waals surface area contributed by atoms with E-state index >= 15 is 0 Å². The van der Waals surface area contributed by atoms with Crippen LogP contribution in [0.4, 0.5) is 0 Å². The highest BCUT2D eigenvalue weighted by Gasteiger charge is 2.12. The molecule has 0 fully saturated rings. The molecule has 1 aromatic carbocycles. The maximum atomic E-state index is 5.79. The first kappa shape index (κ1) is 14.4. The Kier molecular flexibility index (Phi) is 4.12. The Morgan fingerprint density at radius 3 is 2.86 bits per heavy atom. The van der Waals surface area contributed by atoms with Crippen molar-refractivity contribution in [2.45, 2.75) is 20.4 Å². The number of nitrogens with zero attached hydrogens (tertiary/aromatic N) is 1. The molecule has 2 heterocycles. The molecule has 2 aromatic heterocycles. The molecule has 0 amide bonds. The zero-order valence-corrected chi connectivity index (χ0v) is 13.6. The number of halogens is 1. The Morgan fingerprint density at radius 2 is 2.05 bits per heavy atom. The van der Waals surface area contributed by atoms with Crippen LogP contribution in [0.1, 0.15) is 19.5 Å². The molecule has 3 rings (SSSR count). The van der Waals surface area contributed by atoms with Crippen LogP contribution in [-0.4, -0.2) is 11.7 Å². The van der Waals surface area contributed by atoms with Crippen molar-refractivity contribution in [1.29, 1.82) is 0 Å². The zero-order valence-electron chi connectivity index (χ0n) is 12.0. The molecule has 4 nitrogen and oxygen atoms in total. The van der Waals surface area contributed by atoms with Gasteiger partial charge in [-0.2, -0.15) is 0 Å². The third kappa shape index (κ3) is 3.36. The summed E-state index contributed by atoms with van der Waals surface area (Å²) in [6.07, 6.45) is 0. The molecule has 5 heteroatoms. The first-order valence-electron chi connectivity index (χ1n) is 6.97. The van der Waals surface area contributed by atoms with Crippen LogP contribution in [0.2, 0.25) is 0 Å². The van der Waals surface area contributed by atoms with E-state index in [1.54, 1.807) is 0 Å². The highest BCUT2D eigenvalue weighted by molar-refractivity contribution is 9.10. The van der Waals surface area contributed by atoms with Gasteiger partial charge in [0.2, 0.25) is 5.76 Å². The van der Waals surface area contributed by atoms with Crippen LogP contribution in [0.25, 0.3) is 22.5 Å². The molecule has 21 heavy (non-hydrogen) atoms. The number of benzene rings is 1. The molecule has 0 aliphatic heterocycles. The average Bonchev–Trinajstić information content (AvgIpc) is 3.03. The first-order valence-corrected chi connectivity index (χ1v) is 7.77. The number of fused-ring (bicyclic) bond motifs is 1. The van der Waals surface area contributed by atoms with Crippen molar-refractivity contribution in [2.75, 3.05) is 6.54 Å². The van der Waals surface area contributed by atoms with Crippen LogP contribution in [0.5, 0.6) is 0 Å². The molecule has 0 saturated carbocycles. The SMILES string of the molecule is CC(C)CNCc1cc(-c2cc3cc(Br)ccc3o2)on1. The monoisotopic (exact) mass is 348 g/mol. The van der Waals surface area contributed by atoms with Gasteiger partial charge in [0.1, 0.15) is 5.58 Å². The summed E-state index contributed by atoms with van der Waals surface area (Å²) < 4.78 is 12.2. The number of aromatic nitrogens is 1. The predicted octanol–water partition coefficient (Wildman–Crippen LogP) is 4.60. The molecule has 3 aromatic rings. The summed E-state index contributed by atoms with van der Waals surface area (Å²) >= 11 is 3.46. The quantitative estimate of drug-likeness (QED) is 0.732. The van der Waals surface area contributed by atoms with Crippen LogP contribution in [0.3, 0.4) is 0 Å². The lowest BCUT2D eigenvalue weighted by atomic mass is 10.2. The van der Waals surface area contributed by atoms with Gasteiger partial charge < -0.3 is 14.3 Å². The minimum Gasteiger partial charge on any atom is -0.453 e. The molecule has 1 N–H and O–H groups in total. The molecular formula is C16H17BrN2O2. The molecule has 0 bridgehead atoms. The van der Waals surface area contributed by atoms with E-state index in [0.29, 0.717) is 24.0 Å². The van der Waals surface area contributed by atoms with E-state index in [-0.39, 0.29) is 0 Å². The third-order valence-electron chi connectivity index (χ3n) is 3.14. The lowest BCUT2D eigenvalue weighted by molar-refractivity contribution is 0.408. The van der Waals surface area contributed by atoms with E-state index in [1.807, 2.05) is 30.3 Å². The first-order chi connectivity index (χ1) is 10.1. The molecule has 110 valence electrons. The Labute approximate surface area is 131 Å². The fourth-order valence-electron chi connectivity index (χ4n) is 2.14.